The molecule has 4 rings (SSSR count). The highest BCUT2D eigenvalue weighted by Gasteiger charge is 2.24. The van der Waals surface area contributed by atoms with Crippen molar-refractivity contribution in [3.05, 3.63) is 55.4 Å². The van der Waals surface area contributed by atoms with E-state index < -0.39 is 0 Å². The van der Waals surface area contributed by atoms with Crippen molar-refractivity contribution in [3.63, 3.8) is 0 Å². The quantitative estimate of drug-likeness (QED) is 0.647. The predicted molar refractivity (Wildman–Crippen MR) is 108 cm³/mol. The van der Waals surface area contributed by atoms with Crippen molar-refractivity contribution in [2.75, 3.05) is 5.75 Å². The molecule has 0 atom stereocenters. The molecule has 1 aliphatic carbocycles. The fraction of sp³-hybridized carbons (Fsp3) is 0.350. The van der Waals surface area contributed by atoms with Crippen LogP contribution in [0.4, 0.5) is 0 Å². The second-order valence-corrected chi connectivity index (χ2v) is 7.83. The highest BCUT2D eigenvalue weighted by molar-refractivity contribution is 7.99. The molecule has 3 aromatic rings. The summed E-state index contributed by atoms with van der Waals surface area (Å²) < 4.78 is 2.03. The molecule has 0 spiro atoms. The summed E-state index contributed by atoms with van der Waals surface area (Å²) in [6, 6.07) is 8.22. The Bertz CT molecular complexity index is 893. The summed E-state index contributed by atoms with van der Waals surface area (Å²) in [4.78, 5) is 24.7. The molecular formula is C20H22N6OS. The average molecular weight is 395 g/mol. The van der Waals surface area contributed by atoms with Gasteiger partial charge < -0.3 is 5.32 Å². The number of thioether (sulfide) groups is 1. The molecular weight excluding hydrogens is 372 g/mol. The number of hydrogen-bond donors (Lipinski definition) is 1. The van der Waals surface area contributed by atoms with Crippen LogP contribution >= 0.6 is 11.8 Å². The monoisotopic (exact) mass is 394 g/mol. The first-order valence-electron chi connectivity index (χ1n) is 9.41. The number of carbonyl (C=O) groups excluding carboxylic acids is 1. The lowest BCUT2D eigenvalue weighted by atomic mass is 9.91. The zero-order chi connectivity index (χ0) is 19.2. The van der Waals surface area contributed by atoms with E-state index in [2.05, 4.69) is 31.6 Å². The van der Waals surface area contributed by atoms with Gasteiger partial charge in [-0.15, -0.1) is 0 Å². The summed E-state index contributed by atoms with van der Waals surface area (Å²) in [6.07, 6.45) is 12.9. The maximum atomic E-state index is 12.2. The van der Waals surface area contributed by atoms with Crippen molar-refractivity contribution in [1.29, 1.82) is 0 Å². The van der Waals surface area contributed by atoms with Gasteiger partial charge in [-0.25, -0.2) is 15.0 Å². The normalized spacial score (nSPS) is 19.3. The van der Waals surface area contributed by atoms with E-state index in [0.717, 1.165) is 42.0 Å². The van der Waals surface area contributed by atoms with Crippen molar-refractivity contribution in [2.45, 2.75) is 42.8 Å². The summed E-state index contributed by atoms with van der Waals surface area (Å²) in [5.41, 5.74) is 1.89. The Morgan fingerprint density at radius 2 is 2.04 bits per heavy atom. The Morgan fingerprint density at radius 1 is 1.14 bits per heavy atom. The minimum atomic E-state index is 0.0734. The maximum absolute atomic E-state index is 12.2. The van der Waals surface area contributed by atoms with Gasteiger partial charge in [-0.2, -0.15) is 5.10 Å². The van der Waals surface area contributed by atoms with Crippen molar-refractivity contribution < 1.29 is 4.79 Å². The van der Waals surface area contributed by atoms with Crippen LogP contribution in [0, 0.1) is 0 Å². The number of hydrogen-bond acceptors (Lipinski definition) is 6. The molecule has 7 nitrogen and oxygen atoms in total. The SMILES string of the molecule is O=C(CSc1ccccn1)NC1CCC(n2cc(-c3ccncn3)cn2)CC1. The second-order valence-electron chi connectivity index (χ2n) is 6.83. The van der Waals surface area contributed by atoms with Crippen LogP contribution < -0.4 is 5.32 Å². The van der Waals surface area contributed by atoms with Crippen LogP contribution in [-0.4, -0.2) is 42.4 Å². The molecule has 1 aliphatic rings. The first kappa shape index (κ1) is 18.6. The third-order valence-corrected chi connectivity index (χ3v) is 5.85. The first-order chi connectivity index (χ1) is 13.8. The molecule has 28 heavy (non-hydrogen) atoms. The van der Waals surface area contributed by atoms with Gasteiger partial charge in [0.1, 0.15) is 6.33 Å². The van der Waals surface area contributed by atoms with E-state index in [1.54, 1.807) is 18.7 Å². The van der Waals surface area contributed by atoms with Gasteiger partial charge in [0.2, 0.25) is 5.91 Å². The molecule has 3 heterocycles. The lowest BCUT2D eigenvalue weighted by molar-refractivity contribution is -0.119. The van der Waals surface area contributed by atoms with E-state index in [9.17, 15) is 4.79 Å². The van der Waals surface area contributed by atoms with Gasteiger partial charge in [-0.3, -0.25) is 9.48 Å². The third-order valence-electron chi connectivity index (χ3n) is 4.90. The van der Waals surface area contributed by atoms with Gasteiger partial charge in [0.05, 0.1) is 28.7 Å². The van der Waals surface area contributed by atoms with E-state index in [0.29, 0.717) is 11.8 Å². The van der Waals surface area contributed by atoms with E-state index in [-0.39, 0.29) is 11.9 Å². The topological polar surface area (TPSA) is 85.6 Å². The first-order valence-corrected chi connectivity index (χ1v) is 10.4. The van der Waals surface area contributed by atoms with Crippen molar-refractivity contribution >= 4 is 17.7 Å². The summed E-state index contributed by atoms with van der Waals surface area (Å²) >= 11 is 1.47. The van der Waals surface area contributed by atoms with Crippen LogP contribution in [0.2, 0.25) is 0 Å². The summed E-state index contributed by atoms with van der Waals surface area (Å²) in [5.74, 6) is 0.475. The smallest absolute Gasteiger partial charge is 0.230 e. The number of amides is 1. The molecule has 0 unspecified atom stereocenters. The van der Waals surface area contributed by atoms with Gasteiger partial charge in [0.15, 0.2) is 0 Å². The average Bonchev–Trinajstić information content (AvgIpc) is 3.25. The van der Waals surface area contributed by atoms with Crippen LogP contribution in [0.1, 0.15) is 31.7 Å². The largest absolute Gasteiger partial charge is 0.353 e. The zero-order valence-electron chi connectivity index (χ0n) is 15.4. The Hall–Kier alpha value is -2.74. The van der Waals surface area contributed by atoms with Crippen molar-refractivity contribution in [3.8, 4) is 11.3 Å². The molecule has 0 bridgehead atoms. The van der Waals surface area contributed by atoms with Gasteiger partial charge >= 0.3 is 0 Å². The Kier molecular flexibility index (Phi) is 5.96. The number of rotatable bonds is 6. The number of nitrogens with one attached hydrogen (secondary N) is 1. The molecule has 0 aliphatic heterocycles. The van der Waals surface area contributed by atoms with Gasteiger partial charge in [0.25, 0.3) is 0 Å². The molecule has 1 amide bonds. The van der Waals surface area contributed by atoms with E-state index in [4.69, 9.17) is 0 Å². The zero-order valence-corrected chi connectivity index (χ0v) is 16.3. The van der Waals surface area contributed by atoms with E-state index >= 15 is 0 Å². The molecule has 0 saturated heterocycles. The molecule has 3 aromatic heterocycles. The van der Waals surface area contributed by atoms with Gasteiger partial charge in [0, 0.05) is 30.2 Å². The van der Waals surface area contributed by atoms with Crippen LogP contribution in [0.5, 0.6) is 0 Å². The van der Waals surface area contributed by atoms with Gasteiger partial charge in [-0.05, 0) is 43.9 Å². The summed E-state index contributed by atoms with van der Waals surface area (Å²) in [7, 11) is 0. The maximum Gasteiger partial charge on any atom is 0.230 e. The highest BCUT2D eigenvalue weighted by Crippen LogP contribution is 2.29. The molecule has 1 saturated carbocycles. The molecule has 8 heteroatoms. The van der Waals surface area contributed by atoms with E-state index in [1.165, 1.54) is 11.8 Å². The highest BCUT2D eigenvalue weighted by atomic mass is 32.2. The number of pyridine rings is 1. The number of nitrogens with zero attached hydrogens (tertiary/aromatic N) is 5. The van der Waals surface area contributed by atoms with Crippen LogP contribution in [0.25, 0.3) is 11.3 Å². The molecule has 1 N–H and O–H groups in total. The third kappa shape index (κ3) is 4.75. The number of aromatic nitrogens is 5. The van der Waals surface area contributed by atoms with Crippen molar-refractivity contribution in [2.24, 2.45) is 0 Å². The molecule has 1 fully saturated rings. The van der Waals surface area contributed by atoms with Crippen molar-refractivity contribution in [1.82, 2.24) is 30.0 Å². The summed E-state index contributed by atoms with van der Waals surface area (Å²) in [5, 5.41) is 8.56. The van der Waals surface area contributed by atoms with E-state index in [1.807, 2.05) is 35.1 Å². The van der Waals surface area contributed by atoms with Crippen LogP contribution in [0.3, 0.4) is 0 Å². The van der Waals surface area contributed by atoms with Gasteiger partial charge in [-0.1, -0.05) is 17.8 Å². The van der Waals surface area contributed by atoms with Crippen LogP contribution in [0.15, 0.2) is 60.4 Å². The standard InChI is InChI=1S/C20H22N6OS/c27-19(13-28-20-3-1-2-9-22-20)25-16-4-6-17(7-5-16)26-12-15(11-24-26)18-8-10-21-14-23-18/h1-3,8-12,14,16-17H,4-7,13H2,(H,25,27). The second kappa shape index (κ2) is 8.97. The molecule has 144 valence electrons. The fourth-order valence-corrected chi connectivity index (χ4v) is 4.13. The van der Waals surface area contributed by atoms with Crippen LogP contribution in [-0.2, 0) is 4.79 Å². The Labute approximate surface area is 168 Å². The predicted octanol–water partition coefficient (Wildman–Crippen LogP) is 3.13. The molecule has 0 radical (unpaired) electrons. The Morgan fingerprint density at radius 3 is 2.79 bits per heavy atom. The summed E-state index contributed by atoms with van der Waals surface area (Å²) in [6.45, 7) is 0. The minimum absolute atomic E-state index is 0.0734. The minimum Gasteiger partial charge on any atom is -0.353 e. The number of carbonyl (C=O) groups is 1. The molecule has 0 aromatic carbocycles. The Balaban J connectivity index is 1.24. The fourth-order valence-electron chi connectivity index (χ4n) is 3.46. The lowest BCUT2D eigenvalue weighted by Gasteiger charge is -2.29. The lowest BCUT2D eigenvalue weighted by Crippen LogP contribution is -2.39.